The molecule has 34 heavy (non-hydrogen) atoms. The first-order chi connectivity index (χ1) is 16.5. The second-order valence-electron chi connectivity index (χ2n) is 8.93. The molecule has 178 valence electrons. The molecule has 2 aromatic carbocycles. The third-order valence-corrected chi connectivity index (χ3v) is 7.24. The number of carbonyl (C=O) groups is 2. The Kier molecular flexibility index (Phi) is 8.01. The SMILES string of the molecule is COc1cccc(CN(C(=O)Cc2cccs2)C(C(=O)NC2CCCC2)c2ccc(C)cc2)c1. The van der Waals surface area contributed by atoms with Crippen molar-refractivity contribution >= 4 is 23.2 Å². The molecule has 2 amide bonds. The van der Waals surface area contributed by atoms with Gasteiger partial charge in [-0.2, -0.15) is 0 Å². The van der Waals surface area contributed by atoms with Gasteiger partial charge in [0.15, 0.2) is 0 Å². The lowest BCUT2D eigenvalue weighted by atomic mass is 10.0. The molecule has 0 aliphatic heterocycles. The lowest BCUT2D eigenvalue weighted by Gasteiger charge is -2.32. The van der Waals surface area contributed by atoms with Crippen LogP contribution < -0.4 is 10.1 Å². The topological polar surface area (TPSA) is 58.6 Å². The van der Waals surface area contributed by atoms with Crippen LogP contribution in [-0.4, -0.2) is 29.9 Å². The highest BCUT2D eigenvalue weighted by Gasteiger charge is 2.33. The second-order valence-corrected chi connectivity index (χ2v) is 9.96. The van der Waals surface area contributed by atoms with E-state index >= 15 is 0 Å². The van der Waals surface area contributed by atoms with Crippen LogP contribution in [0.4, 0.5) is 0 Å². The fraction of sp³-hybridized carbons (Fsp3) is 0.357. The van der Waals surface area contributed by atoms with Crippen molar-refractivity contribution in [2.24, 2.45) is 0 Å². The van der Waals surface area contributed by atoms with Crippen LogP contribution in [0.25, 0.3) is 0 Å². The predicted octanol–water partition coefficient (Wildman–Crippen LogP) is 5.44. The molecule has 1 saturated carbocycles. The standard InChI is InChI=1S/C28H32N2O3S/c1-20-12-14-22(15-13-20)27(28(32)29-23-8-3-4-9-23)30(26(31)18-25-11-6-16-34-25)19-21-7-5-10-24(17-21)33-2/h5-7,10-17,23,27H,3-4,8-9,18-19H2,1-2H3,(H,29,32). The summed E-state index contributed by atoms with van der Waals surface area (Å²) in [5.41, 5.74) is 2.86. The third-order valence-electron chi connectivity index (χ3n) is 6.37. The maximum absolute atomic E-state index is 13.7. The zero-order valence-corrected chi connectivity index (χ0v) is 20.6. The maximum atomic E-state index is 13.7. The van der Waals surface area contributed by atoms with E-state index in [9.17, 15) is 9.59 Å². The molecule has 3 aromatic rings. The summed E-state index contributed by atoms with van der Waals surface area (Å²) in [6.45, 7) is 2.34. The van der Waals surface area contributed by atoms with Crippen molar-refractivity contribution in [3.05, 3.63) is 87.6 Å². The molecule has 1 fully saturated rings. The van der Waals surface area contributed by atoms with Crippen molar-refractivity contribution in [2.75, 3.05) is 7.11 Å². The van der Waals surface area contributed by atoms with Gasteiger partial charge in [-0.05, 0) is 54.5 Å². The van der Waals surface area contributed by atoms with E-state index in [-0.39, 0.29) is 24.3 Å². The molecule has 1 N–H and O–H groups in total. The van der Waals surface area contributed by atoms with Crippen LogP contribution in [0.2, 0.25) is 0 Å². The van der Waals surface area contributed by atoms with Crippen LogP contribution in [0, 0.1) is 6.92 Å². The van der Waals surface area contributed by atoms with Crippen LogP contribution in [-0.2, 0) is 22.6 Å². The Morgan fingerprint density at radius 3 is 2.53 bits per heavy atom. The summed E-state index contributed by atoms with van der Waals surface area (Å²) in [5, 5.41) is 5.21. The molecule has 6 heteroatoms. The van der Waals surface area contributed by atoms with E-state index < -0.39 is 6.04 Å². The van der Waals surface area contributed by atoms with E-state index in [4.69, 9.17) is 4.74 Å². The minimum Gasteiger partial charge on any atom is -0.497 e. The number of aryl methyl sites for hydroxylation is 1. The molecule has 0 spiro atoms. The van der Waals surface area contributed by atoms with Gasteiger partial charge in [-0.3, -0.25) is 9.59 Å². The number of rotatable bonds is 9. The molecule has 1 aromatic heterocycles. The average Bonchev–Trinajstić information content (AvgIpc) is 3.54. The summed E-state index contributed by atoms with van der Waals surface area (Å²) in [4.78, 5) is 30.1. The zero-order valence-electron chi connectivity index (χ0n) is 19.8. The highest BCUT2D eigenvalue weighted by Crippen LogP contribution is 2.28. The number of carbonyl (C=O) groups excluding carboxylic acids is 2. The van der Waals surface area contributed by atoms with Crippen molar-refractivity contribution in [3.63, 3.8) is 0 Å². The smallest absolute Gasteiger partial charge is 0.247 e. The van der Waals surface area contributed by atoms with Crippen LogP contribution in [0.15, 0.2) is 66.0 Å². The number of nitrogens with zero attached hydrogens (tertiary/aromatic N) is 1. The van der Waals surface area contributed by atoms with Gasteiger partial charge >= 0.3 is 0 Å². The molecule has 0 radical (unpaired) electrons. The molecule has 0 bridgehead atoms. The third kappa shape index (κ3) is 6.06. The van der Waals surface area contributed by atoms with E-state index in [0.29, 0.717) is 6.54 Å². The molecule has 5 nitrogen and oxygen atoms in total. The Labute approximate surface area is 205 Å². The number of ether oxygens (including phenoxy) is 1. The van der Waals surface area contributed by atoms with E-state index in [2.05, 4.69) is 5.32 Å². The fourth-order valence-corrected chi connectivity index (χ4v) is 5.22. The number of hydrogen-bond acceptors (Lipinski definition) is 4. The van der Waals surface area contributed by atoms with Crippen molar-refractivity contribution < 1.29 is 14.3 Å². The molecule has 4 rings (SSSR count). The van der Waals surface area contributed by atoms with Crippen LogP contribution in [0.1, 0.15) is 53.3 Å². The predicted molar refractivity (Wildman–Crippen MR) is 136 cm³/mol. The Morgan fingerprint density at radius 2 is 1.85 bits per heavy atom. The van der Waals surface area contributed by atoms with Crippen molar-refractivity contribution in [3.8, 4) is 5.75 Å². The largest absolute Gasteiger partial charge is 0.497 e. The molecule has 0 saturated heterocycles. The lowest BCUT2D eigenvalue weighted by Crippen LogP contribution is -2.46. The molecule has 1 unspecified atom stereocenters. The molecule has 1 atom stereocenters. The Morgan fingerprint density at radius 1 is 1.09 bits per heavy atom. The van der Waals surface area contributed by atoms with Gasteiger partial charge in [-0.25, -0.2) is 0 Å². The summed E-state index contributed by atoms with van der Waals surface area (Å²) in [5.74, 6) is 0.543. The quantitative estimate of drug-likeness (QED) is 0.448. The molecular formula is C28H32N2O3S. The summed E-state index contributed by atoms with van der Waals surface area (Å²) in [6, 6.07) is 19.0. The first-order valence-electron chi connectivity index (χ1n) is 11.8. The number of thiophene rings is 1. The van der Waals surface area contributed by atoms with Gasteiger partial charge in [0.25, 0.3) is 0 Å². The summed E-state index contributed by atoms with van der Waals surface area (Å²) < 4.78 is 5.40. The maximum Gasteiger partial charge on any atom is 0.247 e. The Hall–Kier alpha value is -3.12. The number of hydrogen-bond donors (Lipinski definition) is 1. The van der Waals surface area contributed by atoms with E-state index in [0.717, 1.165) is 53.0 Å². The number of methoxy groups -OCH3 is 1. The fourth-order valence-electron chi connectivity index (χ4n) is 4.53. The van der Waals surface area contributed by atoms with Crippen LogP contribution in [0.5, 0.6) is 5.75 Å². The van der Waals surface area contributed by atoms with E-state index in [1.165, 1.54) is 0 Å². The summed E-state index contributed by atoms with van der Waals surface area (Å²) in [7, 11) is 1.63. The highest BCUT2D eigenvalue weighted by atomic mass is 32.1. The van der Waals surface area contributed by atoms with Gasteiger partial charge < -0.3 is 15.0 Å². The van der Waals surface area contributed by atoms with E-state index in [1.807, 2.05) is 73.0 Å². The van der Waals surface area contributed by atoms with Gasteiger partial charge in [0, 0.05) is 17.5 Å². The first-order valence-corrected chi connectivity index (χ1v) is 12.7. The molecule has 1 aliphatic rings. The average molecular weight is 477 g/mol. The monoisotopic (exact) mass is 476 g/mol. The van der Waals surface area contributed by atoms with Crippen LogP contribution >= 0.6 is 11.3 Å². The summed E-state index contributed by atoms with van der Waals surface area (Å²) in [6.07, 6.45) is 4.51. The van der Waals surface area contributed by atoms with E-state index in [1.54, 1.807) is 23.3 Å². The summed E-state index contributed by atoms with van der Waals surface area (Å²) >= 11 is 1.56. The Bertz CT molecular complexity index is 1090. The second kappa shape index (κ2) is 11.3. The molecule has 1 heterocycles. The van der Waals surface area contributed by atoms with Gasteiger partial charge in [-0.1, -0.05) is 60.9 Å². The number of amides is 2. The van der Waals surface area contributed by atoms with Crippen molar-refractivity contribution in [1.82, 2.24) is 10.2 Å². The van der Waals surface area contributed by atoms with Gasteiger partial charge in [0.2, 0.25) is 11.8 Å². The van der Waals surface area contributed by atoms with Gasteiger partial charge in [0.05, 0.1) is 13.5 Å². The minimum atomic E-state index is -0.708. The van der Waals surface area contributed by atoms with Crippen molar-refractivity contribution in [2.45, 2.75) is 57.7 Å². The van der Waals surface area contributed by atoms with Gasteiger partial charge in [0.1, 0.15) is 11.8 Å². The normalized spacial score (nSPS) is 14.5. The molecule has 1 aliphatic carbocycles. The minimum absolute atomic E-state index is 0.0718. The number of nitrogens with one attached hydrogen (secondary N) is 1. The lowest BCUT2D eigenvalue weighted by molar-refractivity contribution is -0.141. The van der Waals surface area contributed by atoms with Crippen molar-refractivity contribution in [1.29, 1.82) is 0 Å². The number of benzene rings is 2. The van der Waals surface area contributed by atoms with Crippen LogP contribution in [0.3, 0.4) is 0 Å². The Balaban J connectivity index is 1.70. The first kappa shape index (κ1) is 24.0. The highest BCUT2D eigenvalue weighted by molar-refractivity contribution is 7.10. The van der Waals surface area contributed by atoms with Gasteiger partial charge in [-0.15, -0.1) is 11.3 Å². The zero-order chi connectivity index (χ0) is 23.9. The molecular weight excluding hydrogens is 444 g/mol.